The standard InChI is InChI=1S/C23H39N/c1-3-5-6-7-8-9-11-22-13-15-23(16-14-22)17-19-24-18-10-12-21(4-2)20-24/h13-16,21H,3-12,17-20H2,1-2H3. The molecule has 1 aliphatic heterocycles. The third-order valence-corrected chi connectivity index (χ3v) is 5.74. The maximum absolute atomic E-state index is 2.68. The summed E-state index contributed by atoms with van der Waals surface area (Å²) in [5, 5.41) is 0. The Morgan fingerprint density at radius 1 is 0.875 bits per heavy atom. The second kappa shape index (κ2) is 11.7. The van der Waals surface area contributed by atoms with Gasteiger partial charge in [0.05, 0.1) is 0 Å². The van der Waals surface area contributed by atoms with Gasteiger partial charge in [-0.1, -0.05) is 76.6 Å². The van der Waals surface area contributed by atoms with Crippen molar-refractivity contribution in [3.8, 4) is 0 Å². The lowest BCUT2D eigenvalue weighted by molar-refractivity contribution is 0.173. The number of hydrogen-bond acceptors (Lipinski definition) is 1. The van der Waals surface area contributed by atoms with Crippen molar-refractivity contribution in [3.63, 3.8) is 0 Å². The molecule has 1 atom stereocenters. The van der Waals surface area contributed by atoms with E-state index in [0.29, 0.717) is 0 Å². The highest BCUT2D eigenvalue weighted by Gasteiger charge is 2.17. The van der Waals surface area contributed by atoms with Gasteiger partial charge in [-0.05, 0) is 55.7 Å². The van der Waals surface area contributed by atoms with Crippen molar-refractivity contribution in [1.29, 1.82) is 0 Å². The lowest BCUT2D eigenvalue weighted by Crippen LogP contribution is -2.36. The van der Waals surface area contributed by atoms with Gasteiger partial charge >= 0.3 is 0 Å². The van der Waals surface area contributed by atoms with Crippen LogP contribution in [0.1, 0.15) is 82.8 Å². The Bertz CT molecular complexity index is 422. The van der Waals surface area contributed by atoms with Gasteiger partial charge in [-0.2, -0.15) is 0 Å². The normalized spacial score (nSPS) is 18.8. The highest BCUT2D eigenvalue weighted by atomic mass is 15.1. The van der Waals surface area contributed by atoms with Crippen LogP contribution < -0.4 is 0 Å². The maximum Gasteiger partial charge on any atom is 0.00219 e. The Labute approximate surface area is 150 Å². The molecule has 1 heterocycles. The van der Waals surface area contributed by atoms with Crippen LogP contribution in [0.25, 0.3) is 0 Å². The van der Waals surface area contributed by atoms with Gasteiger partial charge in [0.1, 0.15) is 0 Å². The molecule has 0 N–H and O–H groups in total. The van der Waals surface area contributed by atoms with Crippen molar-refractivity contribution in [3.05, 3.63) is 35.4 Å². The minimum absolute atomic E-state index is 0.943. The predicted octanol–water partition coefficient (Wildman–Crippen LogP) is 6.25. The number of nitrogens with zero attached hydrogens (tertiary/aromatic N) is 1. The molecular weight excluding hydrogens is 290 g/mol. The quantitative estimate of drug-likeness (QED) is 0.433. The van der Waals surface area contributed by atoms with Crippen LogP contribution in [-0.2, 0) is 12.8 Å². The fourth-order valence-electron chi connectivity index (χ4n) is 3.96. The molecule has 0 bridgehead atoms. The molecule has 1 unspecified atom stereocenters. The van der Waals surface area contributed by atoms with Crippen molar-refractivity contribution < 1.29 is 0 Å². The van der Waals surface area contributed by atoms with E-state index in [2.05, 4.69) is 43.0 Å². The van der Waals surface area contributed by atoms with E-state index in [1.54, 1.807) is 0 Å². The Morgan fingerprint density at radius 2 is 1.54 bits per heavy atom. The summed E-state index contributed by atoms with van der Waals surface area (Å²) >= 11 is 0. The van der Waals surface area contributed by atoms with E-state index >= 15 is 0 Å². The summed E-state index contributed by atoms with van der Waals surface area (Å²) in [6, 6.07) is 9.47. The minimum Gasteiger partial charge on any atom is -0.303 e. The predicted molar refractivity (Wildman–Crippen MR) is 107 cm³/mol. The van der Waals surface area contributed by atoms with Crippen LogP contribution in [0, 0.1) is 5.92 Å². The van der Waals surface area contributed by atoms with E-state index in [4.69, 9.17) is 0 Å². The van der Waals surface area contributed by atoms with Gasteiger partial charge in [-0.3, -0.25) is 0 Å². The summed E-state index contributed by atoms with van der Waals surface area (Å²) in [5.74, 6) is 0.943. The molecule has 1 aromatic rings. The molecule has 1 heteroatoms. The number of rotatable bonds is 11. The van der Waals surface area contributed by atoms with E-state index in [1.165, 1.54) is 101 Å². The first kappa shape index (κ1) is 19.5. The van der Waals surface area contributed by atoms with Gasteiger partial charge in [-0.25, -0.2) is 0 Å². The third kappa shape index (κ3) is 7.38. The minimum atomic E-state index is 0.943. The molecule has 0 aliphatic carbocycles. The van der Waals surface area contributed by atoms with Crippen molar-refractivity contribution >= 4 is 0 Å². The molecule has 24 heavy (non-hydrogen) atoms. The maximum atomic E-state index is 2.68. The average molecular weight is 330 g/mol. The van der Waals surface area contributed by atoms with E-state index in [0.717, 1.165) is 5.92 Å². The molecule has 0 amide bonds. The smallest absolute Gasteiger partial charge is 0.00219 e. The van der Waals surface area contributed by atoms with Gasteiger partial charge in [0, 0.05) is 13.1 Å². The Morgan fingerprint density at radius 3 is 2.25 bits per heavy atom. The Balaban J connectivity index is 1.63. The van der Waals surface area contributed by atoms with E-state index in [1.807, 2.05) is 0 Å². The largest absolute Gasteiger partial charge is 0.303 e. The fraction of sp³-hybridized carbons (Fsp3) is 0.739. The number of aryl methyl sites for hydroxylation is 1. The van der Waals surface area contributed by atoms with E-state index < -0.39 is 0 Å². The lowest BCUT2D eigenvalue weighted by Gasteiger charge is -2.32. The third-order valence-electron chi connectivity index (χ3n) is 5.74. The van der Waals surface area contributed by atoms with Crippen molar-refractivity contribution in [2.45, 2.75) is 84.5 Å². The zero-order chi connectivity index (χ0) is 17.0. The lowest BCUT2D eigenvalue weighted by atomic mass is 9.95. The molecule has 1 nitrogen and oxygen atoms in total. The summed E-state index contributed by atoms with van der Waals surface area (Å²) in [5.41, 5.74) is 3.04. The molecule has 0 spiro atoms. The number of piperidine rings is 1. The molecule has 0 aromatic heterocycles. The first-order chi connectivity index (χ1) is 11.8. The second-order valence-corrected chi connectivity index (χ2v) is 7.80. The van der Waals surface area contributed by atoms with Crippen LogP contribution in [0.3, 0.4) is 0 Å². The number of benzene rings is 1. The number of likely N-dealkylation sites (tertiary alicyclic amines) is 1. The summed E-state index contributed by atoms with van der Waals surface area (Å²) < 4.78 is 0. The molecular formula is C23H39N. The molecule has 1 aliphatic rings. The molecule has 0 radical (unpaired) electrons. The SMILES string of the molecule is CCCCCCCCc1ccc(CCN2CCCC(CC)C2)cc1. The molecule has 1 fully saturated rings. The molecule has 1 aromatic carbocycles. The monoisotopic (exact) mass is 329 g/mol. The highest BCUT2D eigenvalue weighted by molar-refractivity contribution is 5.22. The fourth-order valence-corrected chi connectivity index (χ4v) is 3.96. The van der Waals surface area contributed by atoms with E-state index in [-0.39, 0.29) is 0 Å². The molecule has 1 saturated heterocycles. The first-order valence-electron chi connectivity index (χ1n) is 10.6. The first-order valence-corrected chi connectivity index (χ1v) is 10.6. The van der Waals surface area contributed by atoms with Crippen LogP contribution in [0.15, 0.2) is 24.3 Å². The zero-order valence-corrected chi connectivity index (χ0v) is 16.2. The van der Waals surface area contributed by atoms with Gasteiger partial charge in [-0.15, -0.1) is 0 Å². The average Bonchev–Trinajstić information content (AvgIpc) is 2.64. The summed E-state index contributed by atoms with van der Waals surface area (Å²) in [4.78, 5) is 2.68. The van der Waals surface area contributed by atoms with Crippen LogP contribution >= 0.6 is 0 Å². The molecule has 2 rings (SSSR count). The number of hydrogen-bond donors (Lipinski definition) is 0. The summed E-state index contributed by atoms with van der Waals surface area (Å²) in [6.07, 6.45) is 15.0. The Kier molecular flexibility index (Phi) is 9.50. The number of unbranched alkanes of at least 4 members (excludes halogenated alkanes) is 5. The highest BCUT2D eigenvalue weighted by Crippen LogP contribution is 2.19. The Hall–Kier alpha value is -0.820. The van der Waals surface area contributed by atoms with Crippen molar-refractivity contribution in [1.82, 2.24) is 4.90 Å². The molecule has 136 valence electrons. The van der Waals surface area contributed by atoms with Gasteiger partial charge < -0.3 is 4.90 Å². The van der Waals surface area contributed by atoms with Gasteiger partial charge in [0.15, 0.2) is 0 Å². The zero-order valence-electron chi connectivity index (χ0n) is 16.2. The van der Waals surface area contributed by atoms with E-state index in [9.17, 15) is 0 Å². The molecule has 0 saturated carbocycles. The second-order valence-electron chi connectivity index (χ2n) is 7.80. The summed E-state index contributed by atoms with van der Waals surface area (Å²) in [7, 11) is 0. The van der Waals surface area contributed by atoms with Crippen LogP contribution in [0.4, 0.5) is 0 Å². The van der Waals surface area contributed by atoms with Crippen LogP contribution in [0.2, 0.25) is 0 Å². The van der Waals surface area contributed by atoms with Crippen LogP contribution in [0.5, 0.6) is 0 Å². The van der Waals surface area contributed by atoms with Crippen molar-refractivity contribution in [2.24, 2.45) is 5.92 Å². The van der Waals surface area contributed by atoms with Crippen molar-refractivity contribution in [2.75, 3.05) is 19.6 Å². The van der Waals surface area contributed by atoms with Gasteiger partial charge in [0.25, 0.3) is 0 Å². The van der Waals surface area contributed by atoms with Gasteiger partial charge in [0.2, 0.25) is 0 Å². The van der Waals surface area contributed by atoms with Crippen LogP contribution in [-0.4, -0.2) is 24.5 Å². The topological polar surface area (TPSA) is 3.24 Å². The summed E-state index contributed by atoms with van der Waals surface area (Å²) in [6.45, 7) is 8.51.